The molecule has 1 amide bonds. The summed E-state index contributed by atoms with van der Waals surface area (Å²) in [6.07, 6.45) is 5.41. The van der Waals surface area contributed by atoms with Gasteiger partial charge in [0.15, 0.2) is 5.43 Å². The van der Waals surface area contributed by atoms with Crippen molar-refractivity contribution in [2.45, 2.75) is 24.4 Å². The van der Waals surface area contributed by atoms with Gasteiger partial charge in [-0.1, -0.05) is 29.8 Å². The Labute approximate surface area is 194 Å². The number of aryl methyl sites for hydroxylation is 1. The second-order valence-corrected chi connectivity index (χ2v) is 9.03. The first-order valence-electron chi connectivity index (χ1n) is 10.1. The molecule has 1 atom stereocenters. The van der Waals surface area contributed by atoms with E-state index in [1.54, 1.807) is 41.2 Å². The molecule has 0 bridgehead atoms. The first kappa shape index (κ1) is 20.8. The summed E-state index contributed by atoms with van der Waals surface area (Å²) < 4.78 is 6.03. The van der Waals surface area contributed by atoms with Crippen molar-refractivity contribution < 1.29 is 9.21 Å². The number of hydrogen-bond donors (Lipinski definition) is 0. The van der Waals surface area contributed by atoms with Gasteiger partial charge in [0, 0.05) is 28.9 Å². The Morgan fingerprint density at radius 3 is 2.62 bits per heavy atom. The van der Waals surface area contributed by atoms with Crippen molar-refractivity contribution in [3.05, 3.63) is 104 Å². The van der Waals surface area contributed by atoms with Crippen molar-refractivity contribution in [1.82, 2.24) is 9.88 Å². The Kier molecular flexibility index (Phi) is 5.27. The van der Waals surface area contributed by atoms with Crippen LogP contribution in [0.15, 0.2) is 75.0 Å². The lowest BCUT2D eigenvalue weighted by Gasteiger charge is -2.25. The summed E-state index contributed by atoms with van der Waals surface area (Å²) in [4.78, 5) is 34.1. The van der Waals surface area contributed by atoms with Gasteiger partial charge in [0.25, 0.3) is 5.91 Å². The number of carbonyl (C=O) groups excluding carboxylic acids is 1. The normalized spacial score (nSPS) is 15.4. The number of amides is 1. The largest absolute Gasteiger partial charge is 0.450 e. The number of halogens is 1. The Morgan fingerprint density at radius 2 is 1.94 bits per heavy atom. The molecule has 5 nitrogen and oxygen atoms in total. The maximum Gasteiger partial charge on any atom is 0.291 e. The van der Waals surface area contributed by atoms with E-state index in [4.69, 9.17) is 16.0 Å². The van der Waals surface area contributed by atoms with Gasteiger partial charge < -0.3 is 9.32 Å². The van der Waals surface area contributed by atoms with Crippen LogP contribution in [0, 0.1) is 6.92 Å². The second kappa shape index (κ2) is 8.11. The smallest absolute Gasteiger partial charge is 0.291 e. The first-order chi connectivity index (χ1) is 15.5. The number of fused-ring (bicyclic) bond motifs is 2. The highest BCUT2D eigenvalue weighted by molar-refractivity contribution is 7.98. The number of nitrogens with zero attached hydrogens (tertiary/aromatic N) is 2. The molecule has 0 N–H and O–H groups in total. The van der Waals surface area contributed by atoms with Crippen LogP contribution in [0.1, 0.15) is 38.9 Å². The summed E-state index contributed by atoms with van der Waals surface area (Å²) in [5.74, 6) is -0.221. The monoisotopic (exact) mass is 462 g/mol. The fraction of sp³-hybridized carbons (Fsp3) is 0.160. The van der Waals surface area contributed by atoms with Gasteiger partial charge in [0.05, 0.1) is 17.0 Å². The lowest BCUT2D eigenvalue weighted by atomic mass is 9.98. The summed E-state index contributed by atoms with van der Waals surface area (Å²) in [6, 6.07) is 14.4. The summed E-state index contributed by atoms with van der Waals surface area (Å²) in [5, 5.41) is 0.864. The lowest BCUT2D eigenvalue weighted by molar-refractivity contribution is 0.0714. The molecule has 32 heavy (non-hydrogen) atoms. The molecule has 1 aliphatic rings. The van der Waals surface area contributed by atoms with E-state index in [0.29, 0.717) is 28.1 Å². The van der Waals surface area contributed by atoms with E-state index in [2.05, 4.69) is 4.98 Å². The SMILES string of the molecule is CSc1ccc(C2c3c(oc4cc(C)c(Cl)cc4c3=O)C(=O)N2Cc2cccnc2)cc1. The highest BCUT2D eigenvalue weighted by Gasteiger charge is 2.42. The Bertz CT molecular complexity index is 1400. The van der Waals surface area contributed by atoms with Crippen LogP contribution in [0.3, 0.4) is 0 Å². The van der Waals surface area contributed by atoms with Gasteiger partial charge in [-0.2, -0.15) is 0 Å². The lowest BCUT2D eigenvalue weighted by Crippen LogP contribution is -2.29. The van der Waals surface area contributed by atoms with Gasteiger partial charge in [-0.15, -0.1) is 11.8 Å². The molecule has 7 heteroatoms. The average Bonchev–Trinajstić information content (AvgIpc) is 3.08. The maximum atomic E-state index is 13.6. The van der Waals surface area contributed by atoms with Crippen LogP contribution in [-0.4, -0.2) is 22.0 Å². The molecule has 3 heterocycles. The van der Waals surface area contributed by atoms with Gasteiger partial charge in [-0.3, -0.25) is 14.6 Å². The third-order valence-electron chi connectivity index (χ3n) is 5.75. The van der Waals surface area contributed by atoms with Crippen LogP contribution in [0.2, 0.25) is 5.02 Å². The number of rotatable bonds is 4. The number of benzene rings is 2. The molecule has 4 aromatic rings. The minimum Gasteiger partial charge on any atom is -0.450 e. The Morgan fingerprint density at radius 1 is 1.16 bits per heavy atom. The number of pyridine rings is 1. The first-order valence-corrected chi connectivity index (χ1v) is 11.7. The van der Waals surface area contributed by atoms with Crippen LogP contribution in [0.5, 0.6) is 0 Å². The van der Waals surface area contributed by atoms with Crippen LogP contribution < -0.4 is 5.43 Å². The number of carbonyl (C=O) groups is 1. The number of aromatic nitrogens is 1. The van der Waals surface area contributed by atoms with E-state index < -0.39 is 6.04 Å². The van der Waals surface area contributed by atoms with E-state index >= 15 is 0 Å². The molecule has 0 aliphatic carbocycles. The molecule has 2 aromatic carbocycles. The van der Waals surface area contributed by atoms with Gasteiger partial charge in [-0.05, 0) is 60.2 Å². The van der Waals surface area contributed by atoms with Crippen LogP contribution in [-0.2, 0) is 6.54 Å². The summed E-state index contributed by atoms with van der Waals surface area (Å²) in [7, 11) is 0. The highest BCUT2D eigenvalue weighted by atomic mass is 35.5. The molecule has 5 rings (SSSR count). The summed E-state index contributed by atoms with van der Waals surface area (Å²) >= 11 is 7.93. The quantitative estimate of drug-likeness (QED) is 0.368. The number of thioether (sulfide) groups is 1. The summed E-state index contributed by atoms with van der Waals surface area (Å²) in [6.45, 7) is 2.14. The van der Waals surface area contributed by atoms with Crippen molar-refractivity contribution >= 4 is 40.2 Å². The van der Waals surface area contributed by atoms with Crippen molar-refractivity contribution in [3.63, 3.8) is 0 Å². The van der Waals surface area contributed by atoms with E-state index in [1.807, 2.05) is 49.6 Å². The maximum absolute atomic E-state index is 13.6. The average molecular weight is 463 g/mol. The van der Waals surface area contributed by atoms with E-state index in [9.17, 15) is 9.59 Å². The Hall–Kier alpha value is -3.09. The Balaban J connectivity index is 1.73. The van der Waals surface area contributed by atoms with Crippen molar-refractivity contribution in [2.75, 3.05) is 6.26 Å². The molecule has 0 saturated heterocycles. The predicted molar refractivity (Wildman–Crippen MR) is 126 cm³/mol. The highest BCUT2D eigenvalue weighted by Crippen LogP contribution is 2.40. The molecule has 0 radical (unpaired) electrons. The zero-order chi connectivity index (χ0) is 22.4. The van der Waals surface area contributed by atoms with Crippen molar-refractivity contribution in [1.29, 1.82) is 0 Å². The zero-order valence-electron chi connectivity index (χ0n) is 17.5. The fourth-order valence-corrected chi connectivity index (χ4v) is 4.70. The van der Waals surface area contributed by atoms with Gasteiger partial charge in [-0.25, -0.2) is 0 Å². The van der Waals surface area contributed by atoms with Gasteiger partial charge >= 0.3 is 0 Å². The van der Waals surface area contributed by atoms with Crippen LogP contribution in [0.4, 0.5) is 0 Å². The third kappa shape index (κ3) is 3.40. The fourth-order valence-electron chi connectivity index (χ4n) is 4.13. The molecule has 2 aromatic heterocycles. The molecule has 0 spiro atoms. The standard InChI is InChI=1S/C25H19ClN2O3S/c1-14-10-20-18(11-19(14)26)23(29)21-22(16-5-7-17(32-2)8-6-16)28(25(30)24(21)31-20)13-15-4-3-9-27-12-15/h3-12,22H,13H2,1-2H3. The molecular formula is C25H19ClN2O3S. The van der Waals surface area contributed by atoms with E-state index in [-0.39, 0.29) is 17.1 Å². The second-order valence-electron chi connectivity index (χ2n) is 7.74. The predicted octanol–water partition coefficient (Wildman–Crippen LogP) is 5.62. The van der Waals surface area contributed by atoms with Gasteiger partial charge in [0.1, 0.15) is 5.58 Å². The molecule has 160 valence electrons. The molecule has 1 aliphatic heterocycles. The number of hydrogen-bond acceptors (Lipinski definition) is 5. The van der Waals surface area contributed by atoms with Gasteiger partial charge in [0.2, 0.25) is 5.76 Å². The molecular weight excluding hydrogens is 444 g/mol. The third-order valence-corrected chi connectivity index (χ3v) is 6.90. The van der Waals surface area contributed by atoms with Crippen LogP contribution >= 0.6 is 23.4 Å². The van der Waals surface area contributed by atoms with Crippen molar-refractivity contribution in [3.8, 4) is 0 Å². The van der Waals surface area contributed by atoms with E-state index in [1.165, 1.54) is 0 Å². The van der Waals surface area contributed by atoms with E-state index in [0.717, 1.165) is 21.6 Å². The zero-order valence-corrected chi connectivity index (χ0v) is 19.0. The van der Waals surface area contributed by atoms with Crippen LogP contribution in [0.25, 0.3) is 11.0 Å². The summed E-state index contributed by atoms with van der Waals surface area (Å²) in [5.41, 5.74) is 2.99. The molecule has 0 fully saturated rings. The molecule has 0 saturated carbocycles. The van der Waals surface area contributed by atoms with Crippen molar-refractivity contribution in [2.24, 2.45) is 0 Å². The topological polar surface area (TPSA) is 63.4 Å². The minimum atomic E-state index is -0.561. The molecule has 1 unspecified atom stereocenters. The minimum absolute atomic E-state index is 0.0899.